The fourth-order valence-electron chi connectivity index (χ4n) is 3.03. The Morgan fingerprint density at radius 1 is 1.19 bits per heavy atom. The zero-order valence-corrected chi connectivity index (χ0v) is 10.9. The maximum Gasteiger partial charge on any atom is 0.0109 e. The first kappa shape index (κ1) is 12.3. The highest BCUT2D eigenvalue weighted by Gasteiger charge is 2.27. The van der Waals surface area contributed by atoms with Crippen LogP contribution in [-0.4, -0.2) is 62.7 Å². The first-order chi connectivity index (χ1) is 7.75. The van der Waals surface area contributed by atoms with Crippen molar-refractivity contribution in [1.82, 2.24) is 15.1 Å². The number of nitrogens with one attached hydrogen (secondary N) is 1. The summed E-state index contributed by atoms with van der Waals surface area (Å²) in [6.45, 7) is 6.34. The Kier molecular flexibility index (Phi) is 4.62. The third-order valence-electron chi connectivity index (χ3n) is 4.16. The molecule has 2 saturated heterocycles. The molecule has 0 spiro atoms. The van der Waals surface area contributed by atoms with Gasteiger partial charge in [0.2, 0.25) is 0 Å². The Labute approximate surface area is 100 Å². The molecule has 2 heterocycles. The molecule has 16 heavy (non-hydrogen) atoms. The second kappa shape index (κ2) is 5.99. The number of likely N-dealkylation sites (tertiary alicyclic amines) is 1. The summed E-state index contributed by atoms with van der Waals surface area (Å²) in [5.41, 5.74) is 0. The van der Waals surface area contributed by atoms with E-state index in [0.717, 1.165) is 12.0 Å². The molecule has 0 aromatic heterocycles. The largest absolute Gasteiger partial charge is 0.314 e. The summed E-state index contributed by atoms with van der Waals surface area (Å²) in [5.74, 6) is 0.957. The Balaban J connectivity index is 1.65. The van der Waals surface area contributed by atoms with Crippen molar-refractivity contribution >= 4 is 0 Å². The SMILES string of the molecule is CN(C)CCN1CCC(C2CCCN2)CC1. The fraction of sp³-hybridized carbons (Fsp3) is 1.00. The van der Waals surface area contributed by atoms with E-state index in [1.807, 2.05) is 0 Å². The molecule has 0 aliphatic carbocycles. The standard InChI is InChI=1S/C13H27N3/c1-15(2)10-11-16-8-5-12(6-9-16)13-4-3-7-14-13/h12-14H,3-11H2,1-2H3. The van der Waals surface area contributed by atoms with Gasteiger partial charge in [-0.2, -0.15) is 0 Å². The molecule has 0 amide bonds. The van der Waals surface area contributed by atoms with Crippen LogP contribution in [0.1, 0.15) is 25.7 Å². The van der Waals surface area contributed by atoms with Crippen molar-refractivity contribution < 1.29 is 0 Å². The van der Waals surface area contributed by atoms with Gasteiger partial charge in [0.1, 0.15) is 0 Å². The summed E-state index contributed by atoms with van der Waals surface area (Å²) in [6.07, 6.45) is 5.63. The van der Waals surface area contributed by atoms with E-state index in [1.165, 1.54) is 58.4 Å². The van der Waals surface area contributed by atoms with Crippen LogP contribution < -0.4 is 5.32 Å². The van der Waals surface area contributed by atoms with Crippen LogP contribution in [0.25, 0.3) is 0 Å². The first-order valence-corrected chi connectivity index (χ1v) is 6.86. The molecule has 0 bridgehead atoms. The normalized spacial score (nSPS) is 29.1. The van der Waals surface area contributed by atoms with Crippen LogP contribution in [0.2, 0.25) is 0 Å². The highest BCUT2D eigenvalue weighted by molar-refractivity contribution is 4.85. The molecular weight excluding hydrogens is 198 g/mol. The van der Waals surface area contributed by atoms with Gasteiger partial charge >= 0.3 is 0 Å². The van der Waals surface area contributed by atoms with Crippen molar-refractivity contribution in [2.45, 2.75) is 31.7 Å². The van der Waals surface area contributed by atoms with E-state index in [0.29, 0.717) is 0 Å². The average molecular weight is 225 g/mol. The van der Waals surface area contributed by atoms with E-state index in [9.17, 15) is 0 Å². The van der Waals surface area contributed by atoms with E-state index in [-0.39, 0.29) is 0 Å². The summed E-state index contributed by atoms with van der Waals surface area (Å²) in [7, 11) is 4.32. The van der Waals surface area contributed by atoms with Crippen LogP contribution in [0.4, 0.5) is 0 Å². The van der Waals surface area contributed by atoms with E-state index in [4.69, 9.17) is 0 Å². The Hall–Kier alpha value is -0.120. The zero-order chi connectivity index (χ0) is 11.4. The third-order valence-corrected chi connectivity index (χ3v) is 4.16. The molecular formula is C13H27N3. The van der Waals surface area contributed by atoms with Gasteiger partial charge in [-0.15, -0.1) is 0 Å². The zero-order valence-electron chi connectivity index (χ0n) is 10.9. The fourth-order valence-corrected chi connectivity index (χ4v) is 3.03. The number of piperidine rings is 1. The average Bonchev–Trinajstić information content (AvgIpc) is 2.80. The minimum atomic E-state index is 0.844. The molecule has 1 N–H and O–H groups in total. The van der Waals surface area contributed by atoms with Crippen LogP contribution in [0.15, 0.2) is 0 Å². The highest BCUT2D eigenvalue weighted by atomic mass is 15.2. The van der Waals surface area contributed by atoms with Crippen LogP contribution in [0.3, 0.4) is 0 Å². The van der Waals surface area contributed by atoms with Crippen LogP contribution >= 0.6 is 0 Å². The van der Waals surface area contributed by atoms with Crippen molar-refractivity contribution in [3.8, 4) is 0 Å². The minimum Gasteiger partial charge on any atom is -0.314 e. The van der Waals surface area contributed by atoms with Crippen molar-refractivity contribution in [1.29, 1.82) is 0 Å². The Bertz CT molecular complexity index is 191. The van der Waals surface area contributed by atoms with Gasteiger partial charge in [0.25, 0.3) is 0 Å². The van der Waals surface area contributed by atoms with Crippen molar-refractivity contribution in [3.63, 3.8) is 0 Å². The topological polar surface area (TPSA) is 18.5 Å². The number of hydrogen-bond acceptors (Lipinski definition) is 3. The summed E-state index contributed by atoms with van der Waals surface area (Å²) in [4.78, 5) is 4.91. The van der Waals surface area contributed by atoms with Crippen LogP contribution in [0.5, 0.6) is 0 Å². The van der Waals surface area contributed by atoms with Gasteiger partial charge in [-0.05, 0) is 65.3 Å². The van der Waals surface area contributed by atoms with Crippen LogP contribution in [0, 0.1) is 5.92 Å². The molecule has 2 fully saturated rings. The minimum absolute atomic E-state index is 0.844. The quantitative estimate of drug-likeness (QED) is 0.770. The molecule has 0 saturated carbocycles. The maximum atomic E-state index is 3.66. The summed E-state index contributed by atoms with van der Waals surface area (Å²) < 4.78 is 0. The van der Waals surface area contributed by atoms with Gasteiger partial charge in [-0.1, -0.05) is 0 Å². The molecule has 3 heteroatoms. The molecule has 94 valence electrons. The van der Waals surface area contributed by atoms with Crippen molar-refractivity contribution in [2.24, 2.45) is 5.92 Å². The molecule has 0 aromatic rings. The van der Waals surface area contributed by atoms with Crippen molar-refractivity contribution in [3.05, 3.63) is 0 Å². The Morgan fingerprint density at radius 3 is 2.50 bits per heavy atom. The van der Waals surface area contributed by atoms with E-state index < -0.39 is 0 Å². The van der Waals surface area contributed by atoms with Gasteiger partial charge in [0.15, 0.2) is 0 Å². The summed E-state index contributed by atoms with van der Waals surface area (Å²) >= 11 is 0. The van der Waals surface area contributed by atoms with Crippen LogP contribution in [-0.2, 0) is 0 Å². The Morgan fingerprint density at radius 2 is 1.94 bits per heavy atom. The third kappa shape index (κ3) is 3.44. The second-order valence-corrected chi connectivity index (χ2v) is 5.69. The maximum absolute atomic E-state index is 3.66. The molecule has 1 unspecified atom stereocenters. The first-order valence-electron chi connectivity index (χ1n) is 6.86. The number of rotatable bonds is 4. The predicted octanol–water partition coefficient (Wildman–Crippen LogP) is 1.01. The van der Waals surface area contributed by atoms with Gasteiger partial charge < -0.3 is 15.1 Å². The lowest BCUT2D eigenvalue weighted by molar-refractivity contribution is 0.153. The van der Waals surface area contributed by atoms with E-state index in [1.54, 1.807) is 0 Å². The van der Waals surface area contributed by atoms with E-state index in [2.05, 4.69) is 29.2 Å². The molecule has 2 rings (SSSR count). The monoisotopic (exact) mass is 225 g/mol. The summed E-state index contributed by atoms with van der Waals surface area (Å²) in [6, 6.07) is 0.844. The van der Waals surface area contributed by atoms with Gasteiger partial charge in [-0.3, -0.25) is 0 Å². The van der Waals surface area contributed by atoms with Gasteiger partial charge in [0.05, 0.1) is 0 Å². The predicted molar refractivity (Wildman–Crippen MR) is 68.7 cm³/mol. The molecule has 2 aliphatic rings. The highest BCUT2D eigenvalue weighted by Crippen LogP contribution is 2.25. The number of likely N-dealkylation sites (N-methyl/N-ethyl adjacent to an activating group) is 1. The molecule has 3 nitrogen and oxygen atoms in total. The van der Waals surface area contributed by atoms with Gasteiger partial charge in [-0.25, -0.2) is 0 Å². The lowest BCUT2D eigenvalue weighted by Crippen LogP contribution is -2.42. The van der Waals surface area contributed by atoms with E-state index >= 15 is 0 Å². The molecule has 0 aromatic carbocycles. The lowest BCUT2D eigenvalue weighted by Gasteiger charge is -2.35. The van der Waals surface area contributed by atoms with Gasteiger partial charge in [0, 0.05) is 19.1 Å². The summed E-state index contributed by atoms with van der Waals surface area (Å²) in [5, 5.41) is 3.66. The number of hydrogen-bond donors (Lipinski definition) is 1. The molecule has 0 radical (unpaired) electrons. The second-order valence-electron chi connectivity index (χ2n) is 5.69. The number of nitrogens with zero attached hydrogens (tertiary/aromatic N) is 2. The lowest BCUT2D eigenvalue weighted by atomic mass is 9.88. The smallest absolute Gasteiger partial charge is 0.0109 e. The molecule has 1 atom stereocenters. The molecule has 2 aliphatic heterocycles. The van der Waals surface area contributed by atoms with Crippen molar-refractivity contribution in [2.75, 3.05) is 46.8 Å².